The topological polar surface area (TPSA) is 93.9 Å². The highest BCUT2D eigenvalue weighted by atomic mass is 19.4. The van der Waals surface area contributed by atoms with Gasteiger partial charge in [0.05, 0.1) is 14.2 Å². The average Bonchev–Trinajstić information content (AvgIpc) is 3.39. The number of amides is 1. The highest BCUT2D eigenvalue weighted by Crippen LogP contribution is 2.34. The van der Waals surface area contributed by atoms with Crippen molar-refractivity contribution in [3.63, 3.8) is 0 Å². The molecule has 0 radical (unpaired) electrons. The molecule has 1 fully saturated rings. The summed E-state index contributed by atoms with van der Waals surface area (Å²) in [7, 11) is 2.72. The SMILES string of the molecule is COc1cccc(OC)c1-n1c(CCCC(F)(F)F)nc(O)c(C(=O)N2CC[C@@H](c3ccccc3)C2)c1=O. The third-order valence-electron chi connectivity index (χ3n) is 6.58. The maximum Gasteiger partial charge on any atom is 0.389 e. The Morgan fingerprint density at radius 2 is 1.74 bits per heavy atom. The summed E-state index contributed by atoms with van der Waals surface area (Å²) in [5.74, 6) is -1.26. The smallest absolute Gasteiger partial charge is 0.389 e. The number of rotatable bonds is 8. The Morgan fingerprint density at radius 1 is 1.08 bits per heavy atom. The number of benzene rings is 2. The summed E-state index contributed by atoms with van der Waals surface area (Å²) in [6.07, 6.45) is -5.52. The zero-order valence-corrected chi connectivity index (χ0v) is 21.0. The van der Waals surface area contributed by atoms with E-state index in [9.17, 15) is 27.9 Å². The first-order valence-electron chi connectivity index (χ1n) is 12.1. The molecule has 1 aliphatic rings. The van der Waals surface area contributed by atoms with Crippen molar-refractivity contribution in [2.75, 3.05) is 27.3 Å². The van der Waals surface area contributed by atoms with Crippen LogP contribution in [0.1, 0.15) is 46.9 Å². The van der Waals surface area contributed by atoms with Crippen molar-refractivity contribution < 1.29 is 32.5 Å². The van der Waals surface area contributed by atoms with Crippen molar-refractivity contribution >= 4 is 5.91 Å². The van der Waals surface area contributed by atoms with E-state index in [-0.39, 0.29) is 41.8 Å². The van der Waals surface area contributed by atoms with Crippen molar-refractivity contribution in [1.82, 2.24) is 14.5 Å². The maximum absolute atomic E-state index is 13.8. The van der Waals surface area contributed by atoms with Gasteiger partial charge in [-0.15, -0.1) is 0 Å². The number of hydrogen-bond donors (Lipinski definition) is 1. The van der Waals surface area contributed by atoms with E-state index in [4.69, 9.17) is 9.47 Å². The highest BCUT2D eigenvalue weighted by molar-refractivity contribution is 5.96. The standard InChI is InChI=1S/C27H28F3N3O5/c1-37-19-10-6-11-20(38-2)23(19)33-21(12-7-14-27(28,29)30)31-24(34)22(26(33)36)25(35)32-15-13-18(16-32)17-8-4-3-5-9-17/h3-6,8-11,18,34H,7,12-16H2,1-2H3/t18-/m1/s1. The van der Waals surface area contributed by atoms with Crippen LogP contribution in [-0.4, -0.2) is 59.0 Å². The molecular formula is C27H28F3N3O5. The molecule has 8 nitrogen and oxygen atoms in total. The van der Waals surface area contributed by atoms with Crippen LogP contribution in [0.25, 0.3) is 5.69 Å². The van der Waals surface area contributed by atoms with Gasteiger partial charge in [0.1, 0.15) is 23.0 Å². The molecule has 1 amide bonds. The molecule has 0 bridgehead atoms. The van der Waals surface area contributed by atoms with E-state index in [2.05, 4.69) is 4.98 Å². The van der Waals surface area contributed by atoms with Gasteiger partial charge >= 0.3 is 6.18 Å². The Balaban J connectivity index is 1.78. The predicted molar refractivity (Wildman–Crippen MR) is 133 cm³/mol. The van der Waals surface area contributed by atoms with Crippen LogP contribution in [-0.2, 0) is 6.42 Å². The van der Waals surface area contributed by atoms with E-state index in [1.165, 1.54) is 19.1 Å². The second-order valence-electron chi connectivity index (χ2n) is 8.99. The van der Waals surface area contributed by atoms with Gasteiger partial charge in [0.25, 0.3) is 11.5 Å². The number of ether oxygens (including phenoxy) is 2. The number of carbonyl (C=O) groups is 1. The van der Waals surface area contributed by atoms with Crippen LogP contribution in [0, 0.1) is 0 Å². The van der Waals surface area contributed by atoms with Crippen molar-refractivity contribution in [1.29, 1.82) is 0 Å². The maximum atomic E-state index is 13.8. The van der Waals surface area contributed by atoms with Gasteiger partial charge in [-0.2, -0.15) is 18.2 Å². The third kappa shape index (κ3) is 5.61. The summed E-state index contributed by atoms with van der Waals surface area (Å²) < 4.78 is 50.3. The molecule has 0 aliphatic carbocycles. The molecule has 3 aromatic rings. The number of aromatic hydroxyl groups is 1. The minimum absolute atomic E-state index is 0.0634. The van der Waals surface area contributed by atoms with Crippen LogP contribution in [0.3, 0.4) is 0 Å². The van der Waals surface area contributed by atoms with Crippen LogP contribution >= 0.6 is 0 Å². The number of halogens is 3. The molecule has 1 atom stereocenters. The molecule has 1 N–H and O–H groups in total. The lowest BCUT2D eigenvalue weighted by atomic mass is 9.99. The second kappa shape index (κ2) is 11.2. The fraction of sp³-hybridized carbons (Fsp3) is 0.370. The lowest BCUT2D eigenvalue weighted by molar-refractivity contribution is -0.135. The van der Waals surface area contributed by atoms with Gasteiger partial charge in [-0.1, -0.05) is 36.4 Å². The van der Waals surface area contributed by atoms with Crippen LogP contribution < -0.4 is 15.0 Å². The summed E-state index contributed by atoms with van der Waals surface area (Å²) in [4.78, 5) is 32.9. The normalized spacial score (nSPS) is 15.5. The van der Waals surface area contributed by atoms with Crippen molar-refractivity contribution in [3.8, 4) is 23.1 Å². The van der Waals surface area contributed by atoms with Crippen LogP contribution in [0.2, 0.25) is 0 Å². The summed E-state index contributed by atoms with van der Waals surface area (Å²) >= 11 is 0. The average molecular weight is 532 g/mol. The van der Waals surface area contributed by atoms with E-state index in [1.807, 2.05) is 30.3 Å². The Labute approximate surface area is 217 Å². The van der Waals surface area contributed by atoms with Gasteiger partial charge < -0.3 is 19.5 Å². The molecule has 2 heterocycles. The Morgan fingerprint density at radius 3 is 2.34 bits per heavy atom. The van der Waals surface area contributed by atoms with Gasteiger partial charge in [-0.3, -0.25) is 14.2 Å². The van der Waals surface area contributed by atoms with Crippen molar-refractivity contribution in [3.05, 3.63) is 75.8 Å². The first-order valence-corrected chi connectivity index (χ1v) is 12.1. The summed E-state index contributed by atoms with van der Waals surface area (Å²) in [6, 6.07) is 14.4. The first kappa shape index (κ1) is 27.0. The molecule has 0 saturated carbocycles. The van der Waals surface area contributed by atoms with Crippen molar-refractivity contribution in [2.45, 2.75) is 37.8 Å². The Bertz CT molecular complexity index is 1340. The van der Waals surface area contributed by atoms with Gasteiger partial charge in [-0.05, 0) is 30.5 Å². The summed E-state index contributed by atoms with van der Waals surface area (Å²) in [6.45, 7) is 0.704. The molecule has 11 heteroatoms. The quantitative estimate of drug-likeness (QED) is 0.461. The molecule has 38 heavy (non-hydrogen) atoms. The molecule has 202 valence electrons. The molecule has 0 unspecified atom stereocenters. The second-order valence-corrected chi connectivity index (χ2v) is 8.99. The Hall–Kier alpha value is -4.02. The van der Waals surface area contributed by atoms with E-state index >= 15 is 0 Å². The monoisotopic (exact) mass is 531 g/mol. The van der Waals surface area contributed by atoms with Gasteiger partial charge in [0, 0.05) is 31.8 Å². The van der Waals surface area contributed by atoms with Crippen LogP contribution in [0.15, 0.2) is 53.3 Å². The number of aryl methyl sites for hydroxylation is 1. The van der Waals surface area contributed by atoms with Gasteiger partial charge in [0.15, 0.2) is 5.56 Å². The fourth-order valence-electron chi connectivity index (χ4n) is 4.74. The largest absolute Gasteiger partial charge is 0.494 e. The third-order valence-corrected chi connectivity index (χ3v) is 6.58. The number of nitrogens with zero attached hydrogens (tertiary/aromatic N) is 3. The lowest BCUT2D eigenvalue weighted by Crippen LogP contribution is -2.37. The van der Waals surface area contributed by atoms with Gasteiger partial charge in [0.2, 0.25) is 5.88 Å². The summed E-state index contributed by atoms with van der Waals surface area (Å²) in [5, 5.41) is 10.7. The van der Waals surface area contributed by atoms with Crippen molar-refractivity contribution in [2.24, 2.45) is 0 Å². The lowest BCUT2D eigenvalue weighted by Gasteiger charge is -2.21. The number of likely N-dealkylation sites (tertiary alicyclic amines) is 1. The predicted octanol–water partition coefficient (Wildman–Crippen LogP) is 4.47. The molecule has 2 aromatic carbocycles. The fourth-order valence-corrected chi connectivity index (χ4v) is 4.74. The molecule has 1 aliphatic heterocycles. The van der Waals surface area contributed by atoms with Crippen LogP contribution in [0.4, 0.5) is 13.2 Å². The van der Waals surface area contributed by atoms with Crippen LogP contribution in [0.5, 0.6) is 17.4 Å². The number of carbonyl (C=O) groups excluding carboxylic acids is 1. The number of para-hydroxylation sites is 1. The number of aromatic nitrogens is 2. The number of methoxy groups -OCH3 is 2. The Kier molecular flexibility index (Phi) is 7.94. The molecular weight excluding hydrogens is 503 g/mol. The van der Waals surface area contributed by atoms with E-state index < -0.39 is 35.5 Å². The summed E-state index contributed by atoms with van der Waals surface area (Å²) in [5.41, 5.74) is -0.349. The van der Waals surface area contributed by atoms with E-state index in [0.29, 0.717) is 19.5 Å². The molecule has 1 aromatic heterocycles. The molecule has 1 saturated heterocycles. The minimum atomic E-state index is -4.41. The highest BCUT2D eigenvalue weighted by Gasteiger charge is 2.34. The molecule has 4 rings (SSSR count). The number of hydrogen-bond acceptors (Lipinski definition) is 6. The molecule has 0 spiro atoms. The first-order chi connectivity index (χ1) is 18.1. The van der Waals surface area contributed by atoms with E-state index in [1.54, 1.807) is 18.2 Å². The number of alkyl halides is 3. The minimum Gasteiger partial charge on any atom is -0.494 e. The van der Waals surface area contributed by atoms with E-state index in [0.717, 1.165) is 10.1 Å². The zero-order valence-electron chi connectivity index (χ0n) is 21.0. The van der Waals surface area contributed by atoms with Gasteiger partial charge in [-0.25, -0.2) is 0 Å². The zero-order chi connectivity index (χ0) is 27.4.